The molecule has 0 radical (unpaired) electrons. The standard InChI is InChI=1S/C14H28/c1-4-11-14(3)12-9-7-6-8-10-13(14)5-2/h13H,4-12H2,1-3H3. The van der Waals surface area contributed by atoms with Gasteiger partial charge in [-0.2, -0.15) is 0 Å². The van der Waals surface area contributed by atoms with Gasteiger partial charge in [0.25, 0.3) is 0 Å². The SMILES string of the molecule is CCCC1(C)CCCCCCC1CC. The minimum atomic E-state index is 0.671. The van der Waals surface area contributed by atoms with Crippen molar-refractivity contribution >= 4 is 0 Å². The van der Waals surface area contributed by atoms with Gasteiger partial charge in [0.1, 0.15) is 0 Å². The maximum atomic E-state index is 2.55. The summed E-state index contributed by atoms with van der Waals surface area (Å²) in [5, 5.41) is 0. The van der Waals surface area contributed by atoms with E-state index in [9.17, 15) is 0 Å². The van der Waals surface area contributed by atoms with Crippen molar-refractivity contribution < 1.29 is 0 Å². The van der Waals surface area contributed by atoms with Gasteiger partial charge in [-0.3, -0.25) is 0 Å². The second kappa shape index (κ2) is 5.78. The molecule has 1 saturated carbocycles. The van der Waals surface area contributed by atoms with Gasteiger partial charge in [-0.25, -0.2) is 0 Å². The Balaban J connectivity index is 2.61. The molecule has 1 rings (SSSR count). The van der Waals surface area contributed by atoms with E-state index in [0.29, 0.717) is 5.41 Å². The van der Waals surface area contributed by atoms with Gasteiger partial charge in [0.05, 0.1) is 0 Å². The van der Waals surface area contributed by atoms with Crippen LogP contribution in [0.25, 0.3) is 0 Å². The molecule has 0 N–H and O–H groups in total. The Kier molecular flexibility index (Phi) is 4.98. The predicted octanol–water partition coefficient (Wildman–Crippen LogP) is 5.17. The van der Waals surface area contributed by atoms with Crippen LogP contribution in [-0.2, 0) is 0 Å². The van der Waals surface area contributed by atoms with E-state index in [4.69, 9.17) is 0 Å². The van der Waals surface area contributed by atoms with Gasteiger partial charge < -0.3 is 0 Å². The van der Waals surface area contributed by atoms with E-state index >= 15 is 0 Å². The third-order valence-electron chi connectivity index (χ3n) is 4.35. The fourth-order valence-electron chi connectivity index (χ4n) is 3.42. The van der Waals surface area contributed by atoms with Gasteiger partial charge in [-0.15, -0.1) is 0 Å². The highest BCUT2D eigenvalue weighted by atomic mass is 14.4. The summed E-state index contributed by atoms with van der Waals surface area (Å²) in [4.78, 5) is 0. The van der Waals surface area contributed by atoms with Crippen LogP contribution >= 0.6 is 0 Å². The molecule has 84 valence electrons. The summed E-state index contributed by atoms with van der Waals surface area (Å²) in [6, 6.07) is 0. The molecule has 1 fully saturated rings. The summed E-state index contributed by atoms with van der Waals surface area (Å²) in [6.07, 6.45) is 13.1. The third-order valence-corrected chi connectivity index (χ3v) is 4.35. The topological polar surface area (TPSA) is 0 Å². The van der Waals surface area contributed by atoms with Gasteiger partial charge in [0.15, 0.2) is 0 Å². The molecule has 0 aliphatic heterocycles. The molecule has 0 heterocycles. The summed E-state index contributed by atoms with van der Waals surface area (Å²) in [6.45, 7) is 7.28. The second-order valence-corrected chi connectivity index (χ2v) is 5.46. The van der Waals surface area contributed by atoms with E-state index in [1.165, 1.54) is 57.8 Å². The van der Waals surface area contributed by atoms with Crippen molar-refractivity contribution in [3.8, 4) is 0 Å². The Bertz CT molecular complexity index is 150. The first-order valence-corrected chi connectivity index (χ1v) is 6.73. The van der Waals surface area contributed by atoms with E-state index < -0.39 is 0 Å². The van der Waals surface area contributed by atoms with Crippen molar-refractivity contribution in [1.29, 1.82) is 0 Å². The normalized spacial score (nSPS) is 34.9. The lowest BCUT2D eigenvalue weighted by Gasteiger charge is -2.39. The van der Waals surface area contributed by atoms with E-state index in [-0.39, 0.29) is 0 Å². The van der Waals surface area contributed by atoms with Crippen LogP contribution in [0.1, 0.15) is 78.6 Å². The Morgan fingerprint density at radius 1 is 1.07 bits per heavy atom. The highest BCUT2D eigenvalue weighted by Gasteiger charge is 2.31. The van der Waals surface area contributed by atoms with Gasteiger partial charge >= 0.3 is 0 Å². The lowest BCUT2D eigenvalue weighted by molar-refractivity contribution is 0.119. The molecular formula is C14H28. The predicted molar refractivity (Wildman–Crippen MR) is 64.5 cm³/mol. The molecule has 0 amide bonds. The Hall–Kier alpha value is 0. The van der Waals surface area contributed by atoms with Gasteiger partial charge in [0.2, 0.25) is 0 Å². The molecule has 0 bridgehead atoms. The van der Waals surface area contributed by atoms with Crippen molar-refractivity contribution in [2.45, 2.75) is 78.6 Å². The van der Waals surface area contributed by atoms with Crippen molar-refractivity contribution in [3.05, 3.63) is 0 Å². The highest BCUT2D eigenvalue weighted by Crippen LogP contribution is 2.43. The molecule has 0 aromatic rings. The fraction of sp³-hybridized carbons (Fsp3) is 1.00. The second-order valence-electron chi connectivity index (χ2n) is 5.46. The largest absolute Gasteiger partial charge is 0.0654 e. The molecule has 0 nitrogen and oxygen atoms in total. The molecule has 1 aliphatic rings. The molecule has 1 aliphatic carbocycles. The number of hydrogen-bond donors (Lipinski definition) is 0. The maximum Gasteiger partial charge on any atom is -0.0298 e. The molecular weight excluding hydrogens is 168 g/mol. The zero-order valence-corrected chi connectivity index (χ0v) is 10.4. The van der Waals surface area contributed by atoms with Crippen LogP contribution in [0.15, 0.2) is 0 Å². The molecule has 0 spiro atoms. The molecule has 14 heavy (non-hydrogen) atoms. The first kappa shape index (κ1) is 12.1. The summed E-state index contributed by atoms with van der Waals surface area (Å²) < 4.78 is 0. The Morgan fingerprint density at radius 3 is 2.43 bits per heavy atom. The summed E-state index contributed by atoms with van der Waals surface area (Å²) >= 11 is 0. The van der Waals surface area contributed by atoms with Gasteiger partial charge in [0, 0.05) is 0 Å². The molecule has 0 saturated heterocycles. The average Bonchev–Trinajstić information content (AvgIpc) is 2.14. The van der Waals surface area contributed by atoms with E-state index in [0.717, 1.165) is 5.92 Å². The average molecular weight is 196 g/mol. The number of rotatable bonds is 3. The minimum Gasteiger partial charge on any atom is -0.0654 e. The van der Waals surface area contributed by atoms with Crippen LogP contribution in [0.3, 0.4) is 0 Å². The smallest absolute Gasteiger partial charge is 0.0298 e. The molecule has 2 unspecified atom stereocenters. The van der Waals surface area contributed by atoms with Crippen molar-refractivity contribution in [2.24, 2.45) is 11.3 Å². The van der Waals surface area contributed by atoms with Crippen LogP contribution in [-0.4, -0.2) is 0 Å². The van der Waals surface area contributed by atoms with Crippen molar-refractivity contribution in [2.75, 3.05) is 0 Å². The fourth-order valence-corrected chi connectivity index (χ4v) is 3.42. The summed E-state index contributed by atoms with van der Waals surface area (Å²) in [5.41, 5.74) is 0.671. The molecule has 0 aromatic heterocycles. The molecule has 0 heteroatoms. The Morgan fingerprint density at radius 2 is 1.79 bits per heavy atom. The van der Waals surface area contributed by atoms with Crippen LogP contribution < -0.4 is 0 Å². The van der Waals surface area contributed by atoms with Gasteiger partial charge in [-0.1, -0.05) is 59.3 Å². The first-order valence-electron chi connectivity index (χ1n) is 6.73. The van der Waals surface area contributed by atoms with Crippen molar-refractivity contribution in [1.82, 2.24) is 0 Å². The van der Waals surface area contributed by atoms with E-state index in [1.54, 1.807) is 0 Å². The third kappa shape index (κ3) is 3.00. The molecule has 0 aromatic carbocycles. The highest BCUT2D eigenvalue weighted by molar-refractivity contribution is 4.83. The zero-order chi connectivity index (χ0) is 10.4. The lowest BCUT2D eigenvalue weighted by Crippen LogP contribution is -2.28. The van der Waals surface area contributed by atoms with Crippen LogP contribution in [0.5, 0.6) is 0 Å². The zero-order valence-electron chi connectivity index (χ0n) is 10.4. The van der Waals surface area contributed by atoms with Crippen LogP contribution in [0, 0.1) is 11.3 Å². The lowest BCUT2D eigenvalue weighted by atomic mass is 9.66. The van der Waals surface area contributed by atoms with Gasteiger partial charge in [-0.05, 0) is 30.6 Å². The van der Waals surface area contributed by atoms with E-state index in [2.05, 4.69) is 20.8 Å². The molecule has 2 atom stereocenters. The summed E-state index contributed by atoms with van der Waals surface area (Å²) in [5.74, 6) is 1.00. The van der Waals surface area contributed by atoms with E-state index in [1.807, 2.05) is 0 Å². The van der Waals surface area contributed by atoms with Crippen molar-refractivity contribution in [3.63, 3.8) is 0 Å². The first-order chi connectivity index (χ1) is 6.73. The monoisotopic (exact) mass is 196 g/mol. The summed E-state index contributed by atoms with van der Waals surface area (Å²) in [7, 11) is 0. The van der Waals surface area contributed by atoms with Crippen LogP contribution in [0.2, 0.25) is 0 Å². The maximum absolute atomic E-state index is 2.55. The van der Waals surface area contributed by atoms with Crippen LogP contribution in [0.4, 0.5) is 0 Å². The Labute approximate surface area is 90.5 Å². The minimum absolute atomic E-state index is 0.671. The number of hydrogen-bond acceptors (Lipinski definition) is 0. The quantitative estimate of drug-likeness (QED) is 0.584.